The summed E-state index contributed by atoms with van der Waals surface area (Å²) in [5.41, 5.74) is 0. The van der Waals surface area contributed by atoms with Gasteiger partial charge in [0.05, 0.1) is 0 Å². The van der Waals surface area contributed by atoms with Crippen LogP contribution in [0.25, 0.3) is 0 Å². The highest BCUT2D eigenvalue weighted by Crippen LogP contribution is 2.36. The first-order chi connectivity index (χ1) is 10.4. The van der Waals surface area contributed by atoms with Gasteiger partial charge in [0.1, 0.15) is 0 Å². The third-order valence-corrected chi connectivity index (χ3v) is 5.81. The van der Waals surface area contributed by atoms with E-state index < -0.39 is 0 Å². The maximum absolute atomic E-state index is 5.55. The molecule has 0 aromatic rings. The molecule has 0 radical (unpaired) electrons. The molecule has 21 heavy (non-hydrogen) atoms. The lowest BCUT2D eigenvalue weighted by atomic mass is 9.82. The van der Waals surface area contributed by atoms with Crippen LogP contribution in [0, 0.1) is 11.8 Å². The first kappa shape index (κ1) is 15.8. The summed E-state index contributed by atoms with van der Waals surface area (Å²) in [5, 5.41) is 3.89. The maximum Gasteiger partial charge on any atom is 0.0478 e. The second-order valence-electron chi connectivity index (χ2n) is 7.36. The molecule has 0 spiro atoms. The third-order valence-electron chi connectivity index (χ3n) is 5.81. The van der Waals surface area contributed by atoms with Gasteiger partial charge in [0.2, 0.25) is 0 Å². The fraction of sp³-hybridized carbons (Fsp3) is 1.00. The first-order valence-corrected chi connectivity index (χ1v) is 9.43. The lowest BCUT2D eigenvalue weighted by Gasteiger charge is -2.45. The Kier molecular flexibility index (Phi) is 5.96. The second-order valence-corrected chi connectivity index (χ2v) is 7.36. The zero-order valence-corrected chi connectivity index (χ0v) is 13.9. The van der Waals surface area contributed by atoms with E-state index in [0.29, 0.717) is 0 Å². The highest BCUT2D eigenvalue weighted by Gasteiger charge is 2.39. The molecule has 0 bridgehead atoms. The van der Waals surface area contributed by atoms with Crippen LogP contribution in [0.2, 0.25) is 0 Å². The van der Waals surface area contributed by atoms with E-state index in [1.807, 2.05) is 0 Å². The van der Waals surface area contributed by atoms with Crippen molar-refractivity contribution in [2.45, 2.75) is 70.4 Å². The summed E-state index contributed by atoms with van der Waals surface area (Å²) in [4.78, 5) is 2.83. The van der Waals surface area contributed by atoms with Crippen LogP contribution in [0.5, 0.6) is 0 Å². The molecule has 3 fully saturated rings. The van der Waals surface area contributed by atoms with Gasteiger partial charge in [-0.1, -0.05) is 19.3 Å². The molecule has 2 saturated carbocycles. The van der Waals surface area contributed by atoms with Gasteiger partial charge in [0.15, 0.2) is 0 Å². The van der Waals surface area contributed by atoms with E-state index in [2.05, 4.69) is 17.1 Å². The predicted octanol–water partition coefficient (Wildman–Crippen LogP) is 3.05. The van der Waals surface area contributed by atoms with E-state index in [1.54, 1.807) is 0 Å². The molecule has 3 aliphatic rings. The number of rotatable bonds is 7. The van der Waals surface area contributed by atoms with Crippen LogP contribution in [0.4, 0.5) is 0 Å². The molecule has 1 N–H and O–H groups in total. The summed E-state index contributed by atoms with van der Waals surface area (Å²) >= 11 is 0. The Morgan fingerprint density at radius 1 is 1.05 bits per heavy atom. The van der Waals surface area contributed by atoms with Gasteiger partial charge in [-0.15, -0.1) is 0 Å². The molecule has 122 valence electrons. The zero-order valence-electron chi connectivity index (χ0n) is 13.9. The summed E-state index contributed by atoms with van der Waals surface area (Å²) in [6.45, 7) is 7.66. The standard InChI is InChI=1S/C18H34N2O/c1-2-21-12-6-11-20-14-17(15-9-10-15)19-13-18(20)16-7-4-3-5-8-16/h15-19H,2-14H2,1H3. The van der Waals surface area contributed by atoms with E-state index in [0.717, 1.165) is 37.1 Å². The summed E-state index contributed by atoms with van der Waals surface area (Å²) in [6, 6.07) is 1.57. The molecule has 1 aliphatic heterocycles. The van der Waals surface area contributed by atoms with Gasteiger partial charge in [0.25, 0.3) is 0 Å². The van der Waals surface area contributed by atoms with Crippen molar-refractivity contribution in [1.82, 2.24) is 10.2 Å². The molecule has 1 saturated heterocycles. The lowest BCUT2D eigenvalue weighted by molar-refractivity contribution is 0.0547. The molecular weight excluding hydrogens is 260 g/mol. The van der Waals surface area contributed by atoms with Gasteiger partial charge in [-0.25, -0.2) is 0 Å². The fourth-order valence-corrected chi connectivity index (χ4v) is 4.42. The highest BCUT2D eigenvalue weighted by atomic mass is 16.5. The number of nitrogens with one attached hydrogen (secondary N) is 1. The monoisotopic (exact) mass is 294 g/mol. The normalized spacial score (nSPS) is 32.4. The van der Waals surface area contributed by atoms with Gasteiger partial charge in [-0.3, -0.25) is 4.90 Å². The molecule has 3 nitrogen and oxygen atoms in total. The van der Waals surface area contributed by atoms with Crippen LogP contribution in [-0.4, -0.2) is 49.8 Å². The van der Waals surface area contributed by atoms with Crippen LogP contribution in [0.3, 0.4) is 0 Å². The molecule has 0 amide bonds. The van der Waals surface area contributed by atoms with E-state index in [-0.39, 0.29) is 0 Å². The molecule has 2 aliphatic carbocycles. The number of piperazine rings is 1. The summed E-state index contributed by atoms with van der Waals surface area (Å²) in [5.74, 6) is 1.92. The van der Waals surface area contributed by atoms with Crippen molar-refractivity contribution in [3.05, 3.63) is 0 Å². The molecule has 1 heterocycles. The van der Waals surface area contributed by atoms with Gasteiger partial charge >= 0.3 is 0 Å². The van der Waals surface area contributed by atoms with Crippen molar-refractivity contribution in [3.8, 4) is 0 Å². The number of hydrogen-bond donors (Lipinski definition) is 1. The average Bonchev–Trinajstić information content (AvgIpc) is 3.37. The molecule has 0 aromatic carbocycles. The largest absolute Gasteiger partial charge is 0.382 e. The fourth-order valence-electron chi connectivity index (χ4n) is 4.42. The summed E-state index contributed by atoms with van der Waals surface area (Å²) in [6.07, 6.45) is 11.4. The first-order valence-electron chi connectivity index (χ1n) is 9.43. The predicted molar refractivity (Wildman–Crippen MR) is 87.6 cm³/mol. The van der Waals surface area contributed by atoms with Crippen LogP contribution in [-0.2, 0) is 4.74 Å². The lowest BCUT2D eigenvalue weighted by Crippen LogP contribution is -2.59. The molecule has 0 aromatic heterocycles. The second kappa shape index (κ2) is 7.94. The van der Waals surface area contributed by atoms with Crippen molar-refractivity contribution in [3.63, 3.8) is 0 Å². The minimum Gasteiger partial charge on any atom is -0.382 e. The minimum absolute atomic E-state index is 0.775. The van der Waals surface area contributed by atoms with E-state index in [4.69, 9.17) is 4.74 Å². The van der Waals surface area contributed by atoms with Crippen LogP contribution < -0.4 is 5.32 Å². The van der Waals surface area contributed by atoms with Crippen molar-refractivity contribution >= 4 is 0 Å². The van der Waals surface area contributed by atoms with Crippen molar-refractivity contribution < 1.29 is 4.74 Å². The Bertz CT molecular complexity index is 300. The number of nitrogens with zero attached hydrogens (tertiary/aromatic N) is 1. The Morgan fingerprint density at radius 2 is 1.86 bits per heavy atom. The molecular formula is C18H34N2O. The zero-order chi connectivity index (χ0) is 14.5. The summed E-state index contributed by atoms with van der Waals surface area (Å²) < 4.78 is 5.55. The van der Waals surface area contributed by atoms with Crippen molar-refractivity contribution in [2.75, 3.05) is 32.8 Å². The van der Waals surface area contributed by atoms with Crippen LogP contribution >= 0.6 is 0 Å². The third kappa shape index (κ3) is 4.43. The number of hydrogen-bond acceptors (Lipinski definition) is 3. The highest BCUT2D eigenvalue weighted by molar-refractivity contribution is 4.96. The van der Waals surface area contributed by atoms with Crippen molar-refractivity contribution in [2.24, 2.45) is 11.8 Å². The van der Waals surface area contributed by atoms with Crippen LogP contribution in [0.1, 0.15) is 58.3 Å². The Morgan fingerprint density at radius 3 is 2.57 bits per heavy atom. The molecule has 2 unspecified atom stereocenters. The summed E-state index contributed by atoms with van der Waals surface area (Å²) in [7, 11) is 0. The van der Waals surface area contributed by atoms with Gasteiger partial charge in [-0.2, -0.15) is 0 Å². The number of ether oxygens (including phenoxy) is 1. The topological polar surface area (TPSA) is 24.5 Å². The minimum atomic E-state index is 0.775. The smallest absolute Gasteiger partial charge is 0.0478 e. The van der Waals surface area contributed by atoms with Gasteiger partial charge < -0.3 is 10.1 Å². The SMILES string of the molecule is CCOCCCN1CC(C2CC2)NCC1C1CCCCC1. The molecule has 3 rings (SSSR count). The van der Waals surface area contributed by atoms with Gasteiger partial charge in [-0.05, 0) is 50.9 Å². The molecule has 3 heteroatoms. The Labute approximate surface area is 130 Å². The quantitative estimate of drug-likeness (QED) is 0.730. The average molecular weight is 294 g/mol. The van der Waals surface area contributed by atoms with Crippen molar-refractivity contribution in [1.29, 1.82) is 0 Å². The Hall–Kier alpha value is -0.120. The van der Waals surface area contributed by atoms with E-state index in [9.17, 15) is 0 Å². The maximum atomic E-state index is 5.55. The van der Waals surface area contributed by atoms with E-state index in [1.165, 1.54) is 71.0 Å². The van der Waals surface area contributed by atoms with Gasteiger partial charge in [0, 0.05) is 44.9 Å². The Balaban J connectivity index is 1.53. The van der Waals surface area contributed by atoms with E-state index >= 15 is 0 Å². The molecule has 2 atom stereocenters. The van der Waals surface area contributed by atoms with Crippen LogP contribution in [0.15, 0.2) is 0 Å².